The van der Waals surface area contributed by atoms with E-state index in [1.54, 1.807) is 7.11 Å². The van der Waals surface area contributed by atoms with Gasteiger partial charge in [0, 0.05) is 16.2 Å². The van der Waals surface area contributed by atoms with E-state index in [9.17, 15) is 0 Å². The van der Waals surface area contributed by atoms with Crippen LogP contribution in [0.4, 0.5) is 5.69 Å². The molecule has 0 saturated heterocycles. The Bertz CT molecular complexity index is 633. The fourth-order valence-electron chi connectivity index (χ4n) is 1.97. The van der Waals surface area contributed by atoms with E-state index in [0.29, 0.717) is 5.11 Å². The van der Waals surface area contributed by atoms with E-state index in [1.165, 1.54) is 0 Å². The van der Waals surface area contributed by atoms with Gasteiger partial charge >= 0.3 is 0 Å². The van der Waals surface area contributed by atoms with Crippen LogP contribution in [-0.4, -0.2) is 12.2 Å². The zero-order valence-corrected chi connectivity index (χ0v) is 14.3. The molecule has 0 spiro atoms. The number of halogens is 1. The lowest BCUT2D eigenvalue weighted by molar-refractivity contribution is 0.415. The second-order valence-electron chi connectivity index (χ2n) is 4.57. The maximum Gasteiger partial charge on any atom is 0.171 e. The molecule has 21 heavy (non-hydrogen) atoms. The number of benzene rings is 2. The Kier molecular flexibility index (Phi) is 5.59. The smallest absolute Gasteiger partial charge is 0.171 e. The lowest BCUT2D eigenvalue weighted by atomic mass is 10.1. The molecule has 0 aromatic heterocycles. The predicted molar refractivity (Wildman–Crippen MR) is 94.9 cm³/mol. The molecule has 2 aromatic rings. The average molecular weight is 365 g/mol. The van der Waals surface area contributed by atoms with Gasteiger partial charge in [0.25, 0.3) is 0 Å². The molecule has 0 radical (unpaired) electrons. The molecule has 0 heterocycles. The fraction of sp³-hybridized carbons (Fsp3) is 0.188. The van der Waals surface area contributed by atoms with E-state index < -0.39 is 0 Å². The lowest BCUT2D eigenvalue weighted by Gasteiger charge is -2.18. The van der Waals surface area contributed by atoms with Crippen LogP contribution >= 0.6 is 28.1 Å². The first-order valence-electron chi connectivity index (χ1n) is 6.56. The van der Waals surface area contributed by atoms with Crippen molar-refractivity contribution in [3.63, 3.8) is 0 Å². The van der Waals surface area contributed by atoms with Gasteiger partial charge in [-0.25, -0.2) is 0 Å². The Morgan fingerprint density at radius 1 is 1.19 bits per heavy atom. The number of thiocarbonyl (C=S) groups is 1. The van der Waals surface area contributed by atoms with E-state index in [0.717, 1.165) is 21.5 Å². The van der Waals surface area contributed by atoms with Crippen LogP contribution in [0.15, 0.2) is 53.0 Å². The van der Waals surface area contributed by atoms with Crippen molar-refractivity contribution in [3.05, 3.63) is 58.6 Å². The normalized spacial score (nSPS) is 11.6. The fourth-order valence-corrected chi connectivity index (χ4v) is 2.89. The summed E-state index contributed by atoms with van der Waals surface area (Å²) in [6, 6.07) is 15.8. The van der Waals surface area contributed by atoms with Crippen molar-refractivity contribution in [3.8, 4) is 5.75 Å². The Labute approximate surface area is 138 Å². The second-order valence-corrected chi connectivity index (χ2v) is 5.84. The Hall–Kier alpha value is -1.59. The summed E-state index contributed by atoms with van der Waals surface area (Å²) < 4.78 is 6.26. The van der Waals surface area contributed by atoms with Crippen LogP contribution in [0, 0.1) is 0 Å². The first-order valence-corrected chi connectivity index (χ1v) is 7.76. The molecule has 0 aliphatic heterocycles. The van der Waals surface area contributed by atoms with Crippen molar-refractivity contribution in [1.82, 2.24) is 5.32 Å². The summed E-state index contributed by atoms with van der Waals surface area (Å²) in [7, 11) is 1.64. The number of nitrogens with one attached hydrogen (secondary N) is 2. The molecule has 1 atom stereocenters. The molecule has 3 nitrogen and oxygen atoms in total. The second kappa shape index (κ2) is 7.43. The summed E-state index contributed by atoms with van der Waals surface area (Å²) in [5, 5.41) is 7.01. The summed E-state index contributed by atoms with van der Waals surface area (Å²) in [6.45, 7) is 2.07. The van der Waals surface area contributed by atoms with E-state index in [2.05, 4.69) is 39.6 Å². The number of methoxy groups -OCH3 is 1. The first kappa shape index (κ1) is 15.8. The van der Waals surface area contributed by atoms with Crippen molar-refractivity contribution < 1.29 is 4.74 Å². The molecule has 0 aliphatic rings. The molecule has 0 saturated carbocycles. The first-order chi connectivity index (χ1) is 10.1. The van der Waals surface area contributed by atoms with Crippen LogP contribution in [0.3, 0.4) is 0 Å². The molecule has 0 aliphatic carbocycles. The van der Waals surface area contributed by atoms with Crippen LogP contribution in [0.5, 0.6) is 5.75 Å². The third-order valence-corrected chi connectivity index (χ3v) is 3.99. The van der Waals surface area contributed by atoms with Gasteiger partial charge < -0.3 is 15.4 Å². The van der Waals surface area contributed by atoms with Crippen LogP contribution < -0.4 is 15.4 Å². The van der Waals surface area contributed by atoms with Crippen molar-refractivity contribution in [2.75, 3.05) is 12.4 Å². The Morgan fingerprint density at radius 3 is 2.67 bits per heavy atom. The van der Waals surface area contributed by atoms with Gasteiger partial charge in [-0.05, 0) is 42.9 Å². The molecule has 0 unspecified atom stereocenters. The van der Waals surface area contributed by atoms with Crippen molar-refractivity contribution in [2.24, 2.45) is 0 Å². The van der Waals surface area contributed by atoms with Gasteiger partial charge in [0.15, 0.2) is 5.11 Å². The molecule has 5 heteroatoms. The monoisotopic (exact) mass is 364 g/mol. The number of hydrogen-bond donors (Lipinski definition) is 2. The van der Waals surface area contributed by atoms with Crippen LogP contribution in [0.2, 0.25) is 0 Å². The number of hydrogen-bond acceptors (Lipinski definition) is 2. The van der Waals surface area contributed by atoms with Crippen molar-refractivity contribution in [1.29, 1.82) is 0 Å². The topological polar surface area (TPSA) is 33.3 Å². The van der Waals surface area contributed by atoms with Crippen molar-refractivity contribution in [2.45, 2.75) is 13.0 Å². The minimum absolute atomic E-state index is 0.103. The summed E-state index contributed by atoms with van der Waals surface area (Å²) in [5.74, 6) is 0.793. The van der Waals surface area contributed by atoms with Gasteiger partial charge in [0.1, 0.15) is 5.75 Å². The molecule has 2 N–H and O–H groups in total. The standard InChI is InChI=1S/C16H17BrN2OS/c1-11(14-8-3-4-9-15(14)17)18-16(21)19-12-6-5-7-13(10-12)20-2/h3-11H,1-2H3,(H2,18,19,21)/t11-/m0/s1. The minimum atomic E-state index is 0.103. The third kappa shape index (κ3) is 4.44. The van der Waals surface area contributed by atoms with Gasteiger partial charge in [-0.3, -0.25) is 0 Å². The minimum Gasteiger partial charge on any atom is -0.497 e. The van der Waals surface area contributed by atoms with Gasteiger partial charge in [-0.15, -0.1) is 0 Å². The summed E-state index contributed by atoms with van der Waals surface area (Å²) in [4.78, 5) is 0. The number of ether oxygens (including phenoxy) is 1. The van der Waals surface area contributed by atoms with Crippen molar-refractivity contribution >= 4 is 38.9 Å². The molecular formula is C16H17BrN2OS. The summed E-state index contributed by atoms with van der Waals surface area (Å²) in [5.41, 5.74) is 2.05. The quantitative estimate of drug-likeness (QED) is 0.782. The lowest BCUT2D eigenvalue weighted by Crippen LogP contribution is -2.31. The van der Waals surface area contributed by atoms with E-state index >= 15 is 0 Å². The molecule has 0 amide bonds. The maximum absolute atomic E-state index is 5.36. The van der Waals surface area contributed by atoms with Gasteiger partial charge in [-0.1, -0.05) is 40.2 Å². The molecule has 0 fully saturated rings. The number of rotatable bonds is 4. The number of anilines is 1. The zero-order valence-electron chi connectivity index (χ0n) is 11.9. The largest absolute Gasteiger partial charge is 0.497 e. The van der Waals surface area contributed by atoms with E-state index in [4.69, 9.17) is 17.0 Å². The molecule has 110 valence electrons. The zero-order chi connectivity index (χ0) is 15.2. The highest BCUT2D eigenvalue weighted by molar-refractivity contribution is 9.10. The summed E-state index contributed by atoms with van der Waals surface area (Å²) in [6.07, 6.45) is 0. The highest BCUT2D eigenvalue weighted by Crippen LogP contribution is 2.23. The van der Waals surface area contributed by atoms with Crippen LogP contribution in [0.25, 0.3) is 0 Å². The highest BCUT2D eigenvalue weighted by Gasteiger charge is 2.10. The Morgan fingerprint density at radius 2 is 1.95 bits per heavy atom. The molecule has 2 aromatic carbocycles. The van der Waals surface area contributed by atoms with E-state index in [1.807, 2.05) is 42.5 Å². The Balaban J connectivity index is 2.00. The maximum atomic E-state index is 5.36. The summed E-state index contributed by atoms with van der Waals surface area (Å²) >= 11 is 8.91. The van der Waals surface area contributed by atoms with Crippen LogP contribution in [-0.2, 0) is 0 Å². The van der Waals surface area contributed by atoms with Gasteiger partial charge in [0.05, 0.1) is 13.2 Å². The van der Waals surface area contributed by atoms with Gasteiger partial charge in [-0.2, -0.15) is 0 Å². The third-order valence-electron chi connectivity index (χ3n) is 3.05. The average Bonchev–Trinajstić information content (AvgIpc) is 2.47. The predicted octanol–water partition coefficient (Wildman–Crippen LogP) is 4.51. The molecule has 0 bridgehead atoms. The van der Waals surface area contributed by atoms with Crippen LogP contribution in [0.1, 0.15) is 18.5 Å². The SMILES string of the molecule is COc1cccc(NC(=S)N[C@@H](C)c2ccccc2Br)c1. The van der Waals surface area contributed by atoms with E-state index in [-0.39, 0.29) is 6.04 Å². The highest BCUT2D eigenvalue weighted by atomic mass is 79.9. The molecule has 2 rings (SSSR count). The molecular weight excluding hydrogens is 348 g/mol. The van der Waals surface area contributed by atoms with Gasteiger partial charge in [0.2, 0.25) is 0 Å².